The molecule has 1 fully saturated rings. The minimum Gasteiger partial charge on any atom is -0.480 e. The second-order valence-electron chi connectivity index (χ2n) is 5.02. The molecule has 1 aromatic rings. The zero-order valence-corrected chi connectivity index (χ0v) is 13.4. The van der Waals surface area contributed by atoms with Gasteiger partial charge in [0, 0.05) is 25.2 Å². The van der Waals surface area contributed by atoms with E-state index in [2.05, 4.69) is 4.72 Å². The average Bonchev–Trinajstić information content (AvgIpc) is 2.87. The number of hydrogen-bond acceptors (Lipinski definition) is 5. The molecule has 1 aliphatic heterocycles. The first-order valence-corrected chi connectivity index (χ1v) is 8.29. The highest BCUT2D eigenvalue weighted by atomic mass is 35.5. The Morgan fingerprint density at radius 1 is 1.50 bits per heavy atom. The molecule has 0 bridgehead atoms. The van der Waals surface area contributed by atoms with Gasteiger partial charge in [-0.05, 0) is 23.8 Å². The molecule has 1 aromatic carbocycles. The molecular formula is C13H16ClNO6S. The van der Waals surface area contributed by atoms with E-state index in [9.17, 15) is 18.3 Å². The molecule has 9 heteroatoms. The van der Waals surface area contributed by atoms with Gasteiger partial charge in [-0.2, -0.15) is 4.72 Å². The Morgan fingerprint density at radius 2 is 2.23 bits per heavy atom. The van der Waals surface area contributed by atoms with Crippen LogP contribution in [-0.2, 0) is 30.9 Å². The van der Waals surface area contributed by atoms with Crippen molar-refractivity contribution in [3.05, 3.63) is 28.8 Å². The number of hydrogen-bond donors (Lipinski definition) is 2. The molecule has 1 heterocycles. The summed E-state index contributed by atoms with van der Waals surface area (Å²) in [6.45, 7) is 0.155. The molecular weight excluding hydrogens is 334 g/mol. The van der Waals surface area contributed by atoms with Gasteiger partial charge in [-0.25, -0.2) is 8.42 Å². The zero-order valence-electron chi connectivity index (χ0n) is 11.8. The lowest BCUT2D eigenvalue weighted by molar-refractivity contribution is -0.144. The van der Waals surface area contributed by atoms with Crippen molar-refractivity contribution in [1.82, 2.24) is 4.72 Å². The van der Waals surface area contributed by atoms with E-state index in [-0.39, 0.29) is 36.2 Å². The number of carbonyl (C=O) groups is 1. The van der Waals surface area contributed by atoms with Crippen LogP contribution in [0.4, 0.5) is 0 Å². The van der Waals surface area contributed by atoms with Crippen LogP contribution in [0.1, 0.15) is 12.0 Å². The van der Waals surface area contributed by atoms with Crippen molar-refractivity contribution < 1.29 is 27.8 Å². The Kier molecular flexibility index (Phi) is 5.08. The normalized spacial score (nSPS) is 21.9. The lowest BCUT2D eigenvalue weighted by Gasteiger charge is -2.23. The van der Waals surface area contributed by atoms with E-state index in [4.69, 9.17) is 21.1 Å². The van der Waals surface area contributed by atoms with Crippen LogP contribution in [0.25, 0.3) is 0 Å². The molecule has 2 N–H and O–H groups in total. The van der Waals surface area contributed by atoms with Gasteiger partial charge >= 0.3 is 5.97 Å². The Bertz CT molecular complexity index is 669. The molecule has 1 unspecified atom stereocenters. The average molecular weight is 350 g/mol. The number of carboxylic acids is 1. The highest BCUT2D eigenvalue weighted by molar-refractivity contribution is 7.89. The van der Waals surface area contributed by atoms with Gasteiger partial charge in [0.1, 0.15) is 0 Å². The molecule has 122 valence electrons. The maximum Gasteiger partial charge on any atom is 0.327 e. The predicted molar refractivity (Wildman–Crippen MR) is 78.3 cm³/mol. The van der Waals surface area contributed by atoms with Crippen LogP contribution in [0, 0.1) is 0 Å². The first kappa shape index (κ1) is 17.2. The van der Waals surface area contributed by atoms with E-state index in [0.717, 1.165) is 0 Å². The molecule has 1 aliphatic rings. The number of rotatable bonds is 6. The van der Waals surface area contributed by atoms with Crippen molar-refractivity contribution in [3.63, 3.8) is 0 Å². The molecule has 22 heavy (non-hydrogen) atoms. The minimum atomic E-state index is -4.06. The molecule has 0 radical (unpaired) electrons. The Balaban J connectivity index is 2.36. The molecule has 0 aliphatic carbocycles. The number of aliphatic carboxylic acids is 1. The molecule has 0 spiro atoms. The first-order chi connectivity index (χ1) is 10.3. The van der Waals surface area contributed by atoms with E-state index in [1.807, 2.05) is 0 Å². The van der Waals surface area contributed by atoms with E-state index >= 15 is 0 Å². The van der Waals surface area contributed by atoms with E-state index < -0.39 is 21.5 Å². The topological polar surface area (TPSA) is 102 Å². The molecule has 2 rings (SSSR count). The van der Waals surface area contributed by atoms with Crippen LogP contribution in [0.3, 0.4) is 0 Å². The number of halogens is 1. The van der Waals surface area contributed by atoms with Crippen LogP contribution < -0.4 is 4.72 Å². The second-order valence-corrected chi connectivity index (χ2v) is 7.14. The molecule has 0 saturated carbocycles. The van der Waals surface area contributed by atoms with Gasteiger partial charge < -0.3 is 14.6 Å². The first-order valence-electron chi connectivity index (χ1n) is 6.43. The summed E-state index contributed by atoms with van der Waals surface area (Å²) in [6, 6.07) is 4.23. The van der Waals surface area contributed by atoms with Crippen molar-refractivity contribution in [2.45, 2.75) is 23.5 Å². The molecule has 0 aromatic heterocycles. The number of methoxy groups -OCH3 is 1. The third-order valence-electron chi connectivity index (χ3n) is 3.31. The fourth-order valence-electron chi connectivity index (χ4n) is 2.20. The lowest BCUT2D eigenvalue weighted by atomic mass is 10.0. The van der Waals surface area contributed by atoms with Gasteiger partial charge in [-0.15, -0.1) is 0 Å². The maximum absolute atomic E-state index is 12.5. The number of sulfonamides is 1. The zero-order chi connectivity index (χ0) is 16.4. The summed E-state index contributed by atoms with van der Waals surface area (Å²) in [7, 11) is -2.59. The maximum atomic E-state index is 12.5. The van der Waals surface area contributed by atoms with Crippen LogP contribution in [0.5, 0.6) is 0 Å². The molecule has 1 saturated heterocycles. The van der Waals surface area contributed by atoms with Crippen molar-refractivity contribution in [1.29, 1.82) is 0 Å². The van der Waals surface area contributed by atoms with Crippen LogP contribution in [0.15, 0.2) is 23.1 Å². The minimum absolute atomic E-state index is 0.0626. The van der Waals surface area contributed by atoms with Crippen LogP contribution in [-0.4, -0.2) is 45.4 Å². The molecule has 1 atom stereocenters. The second kappa shape index (κ2) is 6.51. The Morgan fingerprint density at radius 3 is 2.77 bits per heavy atom. The largest absolute Gasteiger partial charge is 0.480 e. The third-order valence-corrected chi connectivity index (χ3v) is 5.05. The number of ether oxygens (including phenoxy) is 2. The fourth-order valence-corrected chi connectivity index (χ4v) is 3.99. The quantitative estimate of drug-likeness (QED) is 0.794. The van der Waals surface area contributed by atoms with Crippen molar-refractivity contribution in [2.75, 3.05) is 20.3 Å². The van der Waals surface area contributed by atoms with Gasteiger partial charge in [0.2, 0.25) is 10.0 Å². The number of nitrogens with one attached hydrogen (secondary N) is 1. The van der Waals surface area contributed by atoms with Crippen LogP contribution in [0.2, 0.25) is 5.02 Å². The van der Waals surface area contributed by atoms with Crippen LogP contribution >= 0.6 is 11.6 Å². The summed E-state index contributed by atoms with van der Waals surface area (Å²) in [5.41, 5.74) is -1.08. The van der Waals surface area contributed by atoms with E-state index in [1.54, 1.807) is 6.07 Å². The van der Waals surface area contributed by atoms with Gasteiger partial charge in [0.05, 0.1) is 18.1 Å². The monoisotopic (exact) mass is 349 g/mol. The van der Waals surface area contributed by atoms with Gasteiger partial charge in [0.15, 0.2) is 5.54 Å². The van der Waals surface area contributed by atoms with Gasteiger partial charge in [-0.3, -0.25) is 4.79 Å². The van der Waals surface area contributed by atoms with Gasteiger partial charge in [-0.1, -0.05) is 11.6 Å². The number of carboxylic acid groups (broad SMARTS) is 1. The molecule has 7 nitrogen and oxygen atoms in total. The Hall–Kier alpha value is -1.19. The van der Waals surface area contributed by atoms with Crippen molar-refractivity contribution >= 4 is 27.6 Å². The molecule has 0 amide bonds. The summed E-state index contributed by atoms with van der Waals surface area (Å²) in [4.78, 5) is 11.3. The van der Waals surface area contributed by atoms with Crippen molar-refractivity contribution in [2.24, 2.45) is 0 Å². The standard InChI is InChI=1S/C13H16ClNO6S/c1-20-7-9-4-10(14)6-11(5-9)22(18,19)15-13(12(16)17)2-3-21-8-13/h4-6,15H,2-3,7-8H2,1H3,(H,16,17). The summed E-state index contributed by atoms with van der Waals surface area (Å²) < 4.78 is 37.2. The summed E-state index contributed by atoms with van der Waals surface area (Å²) in [6.07, 6.45) is 0.0626. The Labute approximate surface area is 133 Å². The fraction of sp³-hybridized carbons (Fsp3) is 0.462. The predicted octanol–water partition coefficient (Wildman–Crippen LogP) is 1.01. The summed E-state index contributed by atoms with van der Waals surface area (Å²) in [5, 5.41) is 9.54. The number of benzene rings is 1. The lowest BCUT2D eigenvalue weighted by Crippen LogP contribution is -2.55. The third kappa shape index (κ3) is 3.58. The summed E-state index contributed by atoms with van der Waals surface area (Å²) >= 11 is 5.92. The highest BCUT2D eigenvalue weighted by Crippen LogP contribution is 2.25. The van der Waals surface area contributed by atoms with E-state index in [0.29, 0.717) is 5.56 Å². The van der Waals surface area contributed by atoms with Gasteiger partial charge in [0.25, 0.3) is 0 Å². The smallest absolute Gasteiger partial charge is 0.327 e. The summed E-state index contributed by atoms with van der Waals surface area (Å²) in [5.74, 6) is -1.27. The van der Waals surface area contributed by atoms with E-state index in [1.165, 1.54) is 19.2 Å². The van der Waals surface area contributed by atoms with Crippen molar-refractivity contribution in [3.8, 4) is 0 Å². The SMILES string of the molecule is COCc1cc(Cl)cc(S(=O)(=O)NC2(C(=O)O)CCOC2)c1. The highest BCUT2D eigenvalue weighted by Gasteiger charge is 2.46.